The van der Waals surface area contributed by atoms with Gasteiger partial charge in [-0.3, -0.25) is 4.90 Å². The Morgan fingerprint density at radius 1 is 1.70 bits per heavy atom. The Morgan fingerprint density at radius 3 is 3.10 bits per heavy atom. The van der Waals surface area contributed by atoms with E-state index in [9.17, 15) is 0 Å². The van der Waals surface area contributed by atoms with E-state index in [1.165, 1.54) is 0 Å². The SMILES string of the molecule is CC1CN(CCBr)CCO1. The Balaban J connectivity index is 2.18. The topological polar surface area (TPSA) is 12.5 Å². The van der Waals surface area contributed by atoms with E-state index < -0.39 is 0 Å². The molecule has 1 saturated heterocycles. The molecular formula is C7H14BrNO. The molecule has 0 spiro atoms. The number of halogens is 1. The van der Waals surface area contributed by atoms with Crippen molar-refractivity contribution in [1.29, 1.82) is 0 Å². The molecule has 1 unspecified atom stereocenters. The summed E-state index contributed by atoms with van der Waals surface area (Å²) in [6.45, 7) is 6.35. The van der Waals surface area contributed by atoms with E-state index in [2.05, 4.69) is 27.8 Å². The predicted octanol–water partition coefficient (Wildman–Crippen LogP) is 1.10. The first-order valence-corrected chi connectivity index (χ1v) is 4.85. The van der Waals surface area contributed by atoms with Crippen molar-refractivity contribution < 1.29 is 4.74 Å². The van der Waals surface area contributed by atoms with Gasteiger partial charge in [0.2, 0.25) is 0 Å². The summed E-state index contributed by atoms with van der Waals surface area (Å²) < 4.78 is 5.40. The zero-order valence-corrected chi connectivity index (χ0v) is 7.93. The second-order valence-electron chi connectivity index (χ2n) is 2.67. The first-order valence-electron chi connectivity index (χ1n) is 3.73. The summed E-state index contributed by atoms with van der Waals surface area (Å²) in [7, 11) is 0. The summed E-state index contributed by atoms with van der Waals surface area (Å²) >= 11 is 3.42. The maximum absolute atomic E-state index is 5.40. The Morgan fingerprint density at radius 2 is 2.50 bits per heavy atom. The van der Waals surface area contributed by atoms with Crippen LogP contribution in [0.2, 0.25) is 0 Å². The van der Waals surface area contributed by atoms with Crippen molar-refractivity contribution in [2.45, 2.75) is 13.0 Å². The van der Waals surface area contributed by atoms with Crippen molar-refractivity contribution >= 4 is 15.9 Å². The molecule has 0 N–H and O–H groups in total. The van der Waals surface area contributed by atoms with Crippen LogP contribution in [0.15, 0.2) is 0 Å². The largest absolute Gasteiger partial charge is 0.376 e. The quantitative estimate of drug-likeness (QED) is 0.630. The van der Waals surface area contributed by atoms with Crippen LogP contribution < -0.4 is 0 Å². The minimum Gasteiger partial charge on any atom is -0.376 e. The molecule has 0 aromatic carbocycles. The molecule has 0 aromatic rings. The fourth-order valence-corrected chi connectivity index (χ4v) is 1.71. The molecule has 0 bridgehead atoms. The van der Waals surface area contributed by atoms with E-state index in [4.69, 9.17) is 4.74 Å². The summed E-state index contributed by atoms with van der Waals surface area (Å²) in [5, 5.41) is 1.07. The number of nitrogens with zero attached hydrogens (tertiary/aromatic N) is 1. The summed E-state index contributed by atoms with van der Waals surface area (Å²) in [4.78, 5) is 2.42. The Hall–Kier alpha value is 0.400. The molecule has 1 atom stereocenters. The molecule has 1 aliphatic rings. The van der Waals surface area contributed by atoms with Gasteiger partial charge in [0.25, 0.3) is 0 Å². The van der Waals surface area contributed by atoms with Gasteiger partial charge in [-0.2, -0.15) is 0 Å². The van der Waals surface area contributed by atoms with Crippen LogP contribution in [0.3, 0.4) is 0 Å². The summed E-state index contributed by atoms with van der Waals surface area (Å²) in [5.41, 5.74) is 0. The van der Waals surface area contributed by atoms with Crippen LogP contribution in [0.25, 0.3) is 0 Å². The minimum absolute atomic E-state index is 0.424. The first-order chi connectivity index (χ1) is 4.83. The highest BCUT2D eigenvalue weighted by molar-refractivity contribution is 9.09. The van der Waals surface area contributed by atoms with Crippen molar-refractivity contribution in [3.63, 3.8) is 0 Å². The lowest BCUT2D eigenvalue weighted by molar-refractivity contribution is -0.0157. The molecule has 1 rings (SSSR count). The molecule has 1 fully saturated rings. The summed E-state index contributed by atoms with van der Waals surface area (Å²) in [6.07, 6.45) is 0.424. The number of morpholine rings is 1. The van der Waals surface area contributed by atoms with E-state index in [0.717, 1.165) is 31.6 Å². The molecule has 60 valence electrons. The van der Waals surface area contributed by atoms with E-state index in [1.54, 1.807) is 0 Å². The van der Waals surface area contributed by atoms with E-state index in [1.807, 2.05) is 0 Å². The standard InChI is InChI=1S/C7H14BrNO/c1-7-6-9(3-2-8)4-5-10-7/h7H,2-6H2,1H3. The third-order valence-corrected chi connectivity index (χ3v) is 2.08. The average Bonchev–Trinajstić information content (AvgIpc) is 1.88. The van der Waals surface area contributed by atoms with Gasteiger partial charge in [0.1, 0.15) is 0 Å². The molecule has 2 nitrogen and oxygen atoms in total. The second-order valence-corrected chi connectivity index (χ2v) is 3.46. The highest BCUT2D eigenvalue weighted by Gasteiger charge is 2.14. The van der Waals surface area contributed by atoms with Gasteiger partial charge in [-0.05, 0) is 6.92 Å². The molecule has 3 heteroatoms. The van der Waals surface area contributed by atoms with Gasteiger partial charge in [-0.25, -0.2) is 0 Å². The molecule has 0 radical (unpaired) electrons. The van der Waals surface area contributed by atoms with Gasteiger partial charge in [0.15, 0.2) is 0 Å². The van der Waals surface area contributed by atoms with Crippen LogP contribution in [0.1, 0.15) is 6.92 Å². The highest BCUT2D eigenvalue weighted by atomic mass is 79.9. The minimum atomic E-state index is 0.424. The number of rotatable bonds is 2. The number of alkyl halides is 1. The molecule has 10 heavy (non-hydrogen) atoms. The van der Waals surface area contributed by atoms with Crippen molar-refractivity contribution in [1.82, 2.24) is 4.90 Å². The fourth-order valence-electron chi connectivity index (χ4n) is 1.21. The van der Waals surface area contributed by atoms with Crippen LogP contribution in [-0.4, -0.2) is 42.6 Å². The van der Waals surface area contributed by atoms with Crippen LogP contribution in [0.4, 0.5) is 0 Å². The predicted molar refractivity (Wildman–Crippen MR) is 45.6 cm³/mol. The van der Waals surface area contributed by atoms with E-state index in [-0.39, 0.29) is 0 Å². The summed E-state index contributed by atoms with van der Waals surface area (Å²) in [5.74, 6) is 0. The van der Waals surface area contributed by atoms with Gasteiger partial charge in [-0.15, -0.1) is 0 Å². The van der Waals surface area contributed by atoms with Crippen molar-refractivity contribution in [3.8, 4) is 0 Å². The monoisotopic (exact) mass is 207 g/mol. The third-order valence-electron chi connectivity index (χ3n) is 1.73. The summed E-state index contributed by atoms with van der Waals surface area (Å²) in [6, 6.07) is 0. The lowest BCUT2D eigenvalue weighted by atomic mass is 10.3. The average molecular weight is 208 g/mol. The number of ether oxygens (including phenoxy) is 1. The molecule has 0 saturated carbocycles. The fraction of sp³-hybridized carbons (Fsp3) is 1.00. The number of hydrogen-bond donors (Lipinski definition) is 0. The third kappa shape index (κ3) is 2.56. The van der Waals surface area contributed by atoms with Gasteiger partial charge in [0, 0.05) is 25.0 Å². The molecule has 0 amide bonds. The lowest BCUT2D eigenvalue weighted by Crippen LogP contribution is -2.41. The maximum Gasteiger partial charge on any atom is 0.0674 e. The van der Waals surface area contributed by atoms with Crippen molar-refractivity contribution in [2.75, 3.05) is 31.6 Å². The van der Waals surface area contributed by atoms with E-state index >= 15 is 0 Å². The smallest absolute Gasteiger partial charge is 0.0674 e. The molecular weight excluding hydrogens is 194 g/mol. The van der Waals surface area contributed by atoms with Crippen molar-refractivity contribution in [3.05, 3.63) is 0 Å². The maximum atomic E-state index is 5.40. The molecule has 1 aliphatic heterocycles. The van der Waals surface area contributed by atoms with E-state index in [0.29, 0.717) is 6.10 Å². The second kappa shape index (κ2) is 4.31. The van der Waals surface area contributed by atoms with Gasteiger partial charge >= 0.3 is 0 Å². The number of hydrogen-bond acceptors (Lipinski definition) is 2. The zero-order chi connectivity index (χ0) is 7.40. The zero-order valence-electron chi connectivity index (χ0n) is 6.35. The first kappa shape index (κ1) is 8.50. The van der Waals surface area contributed by atoms with Gasteiger partial charge < -0.3 is 4.74 Å². The van der Waals surface area contributed by atoms with Crippen LogP contribution in [-0.2, 0) is 4.74 Å². The molecule has 0 aromatic heterocycles. The Labute approximate surface area is 70.7 Å². The van der Waals surface area contributed by atoms with Crippen LogP contribution in [0.5, 0.6) is 0 Å². The van der Waals surface area contributed by atoms with Crippen LogP contribution in [0, 0.1) is 0 Å². The Kier molecular flexibility index (Phi) is 3.66. The van der Waals surface area contributed by atoms with Crippen LogP contribution >= 0.6 is 15.9 Å². The highest BCUT2D eigenvalue weighted by Crippen LogP contribution is 2.03. The lowest BCUT2D eigenvalue weighted by Gasteiger charge is -2.30. The van der Waals surface area contributed by atoms with Crippen molar-refractivity contribution in [2.24, 2.45) is 0 Å². The molecule has 1 heterocycles. The van der Waals surface area contributed by atoms with Gasteiger partial charge in [0.05, 0.1) is 12.7 Å². The molecule has 0 aliphatic carbocycles. The normalized spacial score (nSPS) is 28.8. The van der Waals surface area contributed by atoms with Gasteiger partial charge in [-0.1, -0.05) is 15.9 Å². The Bertz CT molecular complexity index is 97.6.